The van der Waals surface area contributed by atoms with Crippen molar-refractivity contribution in [2.45, 2.75) is 348 Å². The standard InChI is InChI=1S/C70H133N2O7P/c1-7-10-13-16-19-22-25-28-30-31-32-33-34-35-36-37-38-39-40-41-43-44-47-50-53-56-59-62-69(73)71-67(66-78-80(75,76)77-65-64-72(4,5)6)68(61-58-55-52-49-46-27-24-21-18-15-12-9-3)79-70(74)63-60-57-54-51-48-45-42-29-26-23-20-17-14-11-8-2/h11,14,17,20,23,26,58,61,67-68H,7-10,12-13,15-16,18-19,21-22,24-25,27-57,59-60,62-66H2,1-6H3,(H-,71,73,75,76)/b14-11+,20-17+,26-23+,61-58-. The van der Waals surface area contributed by atoms with Crippen LogP contribution >= 0.6 is 7.82 Å². The Bertz CT molecular complexity index is 1510. The molecule has 1 N–H and O–H groups in total. The van der Waals surface area contributed by atoms with Crippen molar-refractivity contribution in [3.8, 4) is 0 Å². The molecule has 0 saturated heterocycles. The summed E-state index contributed by atoms with van der Waals surface area (Å²) in [5, 5.41) is 3.04. The molecule has 0 aromatic rings. The number of rotatable bonds is 63. The Balaban J connectivity index is 4.97. The fourth-order valence-electron chi connectivity index (χ4n) is 10.3. The zero-order valence-corrected chi connectivity index (χ0v) is 54.7. The number of phosphoric ester groups is 1. The molecule has 0 heterocycles. The molecule has 0 aliphatic heterocycles. The van der Waals surface area contributed by atoms with Crippen LogP contribution in [0.2, 0.25) is 0 Å². The molecule has 470 valence electrons. The molecule has 0 aromatic carbocycles. The van der Waals surface area contributed by atoms with E-state index in [9.17, 15) is 19.0 Å². The molecule has 0 aromatic heterocycles. The molecule has 0 fully saturated rings. The number of quaternary nitrogens is 1. The summed E-state index contributed by atoms with van der Waals surface area (Å²) in [6, 6.07) is -0.891. The SMILES string of the molecule is CC/C=C/C=C/C=C/CCCCCCCCCC(=O)OC(/C=C\CCCCCCCCCCCC)C(COP(=O)([O-])OCC[N+](C)(C)C)NC(=O)CCCCCCCCCCCCCCCCCCCCCCCCCCCCC. The highest BCUT2D eigenvalue weighted by molar-refractivity contribution is 7.45. The van der Waals surface area contributed by atoms with Crippen LogP contribution < -0.4 is 10.2 Å². The van der Waals surface area contributed by atoms with Crippen molar-refractivity contribution in [2.24, 2.45) is 0 Å². The fraction of sp³-hybridized carbons (Fsp3) is 0.857. The molecule has 1 amide bonds. The number of amides is 1. The lowest BCUT2D eigenvalue weighted by atomic mass is 10.0. The number of carbonyl (C=O) groups excluding carboxylic acids is 2. The number of unbranched alkanes of at least 4 members (excludes halogenated alkanes) is 43. The minimum atomic E-state index is -4.70. The number of hydrogen-bond acceptors (Lipinski definition) is 7. The predicted octanol–water partition coefficient (Wildman–Crippen LogP) is 21.0. The molecule has 3 atom stereocenters. The van der Waals surface area contributed by atoms with E-state index < -0.39 is 20.0 Å². The van der Waals surface area contributed by atoms with Crippen LogP contribution in [0.15, 0.2) is 48.6 Å². The van der Waals surface area contributed by atoms with E-state index in [-0.39, 0.29) is 31.5 Å². The van der Waals surface area contributed by atoms with Crippen molar-refractivity contribution in [1.29, 1.82) is 0 Å². The Hall–Kier alpha value is -2.03. The molecule has 0 aliphatic carbocycles. The summed E-state index contributed by atoms with van der Waals surface area (Å²) in [5.41, 5.74) is 0. The molecule has 0 spiro atoms. The van der Waals surface area contributed by atoms with Crippen molar-refractivity contribution < 1.29 is 37.3 Å². The zero-order valence-electron chi connectivity index (χ0n) is 53.8. The van der Waals surface area contributed by atoms with Crippen molar-refractivity contribution in [3.63, 3.8) is 0 Å². The van der Waals surface area contributed by atoms with E-state index in [0.29, 0.717) is 17.4 Å². The van der Waals surface area contributed by atoms with Gasteiger partial charge in [-0.15, -0.1) is 0 Å². The first-order valence-corrected chi connectivity index (χ1v) is 35.9. The van der Waals surface area contributed by atoms with Gasteiger partial charge in [0.05, 0.1) is 33.8 Å². The van der Waals surface area contributed by atoms with Crippen LogP contribution in [0.5, 0.6) is 0 Å². The van der Waals surface area contributed by atoms with Gasteiger partial charge in [0, 0.05) is 12.8 Å². The number of allylic oxidation sites excluding steroid dienone is 7. The van der Waals surface area contributed by atoms with Crippen molar-refractivity contribution in [1.82, 2.24) is 5.32 Å². The number of carbonyl (C=O) groups is 2. The third kappa shape index (κ3) is 60.6. The predicted molar refractivity (Wildman–Crippen MR) is 344 cm³/mol. The van der Waals surface area contributed by atoms with Gasteiger partial charge in [-0.2, -0.15) is 0 Å². The lowest BCUT2D eigenvalue weighted by Crippen LogP contribution is -2.47. The lowest BCUT2D eigenvalue weighted by molar-refractivity contribution is -0.870. The van der Waals surface area contributed by atoms with Crippen LogP contribution in [0.25, 0.3) is 0 Å². The maximum Gasteiger partial charge on any atom is 0.306 e. The van der Waals surface area contributed by atoms with E-state index in [1.54, 1.807) is 0 Å². The van der Waals surface area contributed by atoms with Gasteiger partial charge in [-0.25, -0.2) is 0 Å². The van der Waals surface area contributed by atoms with Gasteiger partial charge in [0.2, 0.25) is 5.91 Å². The molecule has 10 heteroatoms. The quantitative estimate of drug-likeness (QED) is 0.0161. The van der Waals surface area contributed by atoms with Gasteiger partial charge >= 0.3 is 5.97 Å². The van der Waals surface area contributed by atoms with Gasteiger partial charge in [-0.05, 0) is 51.0 Å². The largest absolute Gasteiger partial charge is 0.756 e. The topological polar surface area (TPSA) is 114 Å². The van der Waals surface area contributed by atoms with Gasteiger partial charge in [-0.3, -0.25) is 14.2 Å². The summed E-state index contributed by atoms with van der Waals surface area (Å²) >= 11 is 0. The summed E-state index contributed by atoms with van der Waals surface area (Å²) in [7, 11) is 1.19. The molecule has 3 unspecified atom stereocenters. The Kier molecular flexibility index (Phi) is 58.6. The lowest BCUT2D eigenvalue weighted by Gasteiger charge is -2.30. The van der Waals surface area contributed by atoms with E-state index in [1.165, 1.54) is 225 Å². The number of likely N-dealkylation sites (N-methyl/N-ethyl adjacent to an activating group) is 1. The number of hydrogen-bond donors (Lipinski definition) is 1. The second kappa shape index (κ2) is 60.1. The smallest absolute Gasteiger partial charge is 0.306 e. The summed E-state index contributed by atoms with van der Waals surface area (Å²) in [6.45, 7) is 6.75. The van der Waals surface area contributed by atoms with Gasteiger partial charge in [0.15, 0.2) is 0 Å². The Labute approximate surface area is 497 Å². The molecule has 80 heavy (non-hydrogen) atoms. The highest BCUT2D eigenvalue weighted by Gasteiger charge is 2.27. The number of nitrogens with one attached hydrogen (secondary N) is 1. The number of esters is 1. The van der Waals surface area contributed by atoms with Crippen LogP contribution in [0.1, 0.15) is 335 Å². The number of phosphoric acid groups is 1. The number of ether oxygens (including phenoxy) is 1. The molecule has 0 rings (SSSR count). The van der Waals surface area contributed by atoms with Gasteiger partial charge in [-0.1, -0.05) is 320 Å². The summed E-state index contributed by atoms with van der Waals surface area (Å²) < 4.78 is 30.4. The third-order valence-corrected chi connectivity index (χ3v) is 16.5. The van der Waals surface area contributed by atoms with E-state index in [2.05, 4.69) is 62.5 Å². The van der Waals surface area contributed by atoms with E-state index in [1.807, 2.05) is 33.3 Å². The van der Waals surface area contributed by atoms with Crippen molar-refractivity contribution in [3.05, 3.63) is 48.6 Å². The zero-order chi connectivity index (χ0) is 58.6. The first-order chi connectivity index (χ1) is 38.9. The van der Waals surface area contributed by atoms with Crippen LogP contribution in [0.4, 0.5) is 0 Å². The van der Waals surface area contributed by atoms with Gasteiger partial charge in [0.1, 0.15) is 19.3 Å². The molecular weight excluding hydrogens is 1010 g/mol. The highest BCUT2D eigenvalue weighted by Crippen LogP contribution is 2.38. The molecule has 0 radical (unpaired) electrons. The minimum Gasteiger partial charge on any atom is -0.756 e. The first kappa shape index (κ1) is 78.0. The normalized spacial score (nSPS) is 13.8. The summed E-state index contributed by atoms with van der Waals surface area (Å²) in [4.78, 5) is 40.1. The Morgan fingerprint density at radius 3 is 1.19 bits per heavy atom. The second-order valence-corrected chi connectivity index (χ2v) is 26.1. The van der Waals surface area contributed by atoms with Gasteiger partial charge in [0.25, 0.3) is 7.82 Å². The highest BCUT2D eigenvalue weighted by atomic mass is 31.2. The van der Waals surface area contributed by atoms with Crippen LogP contribution in [-0.2, 0) is 27.9 Å². The molecule has 9 nitrogen and oxygen atoms in total. The molecule has 0 aliphatic rings. The van der Waals surface area contributed by atoms with Crippen LogP contribution in [-0.4, -0.2) is 69.4 Å². The maximum absolute atomic E-state index is 13.6. The Morgan fingerprint density at radius 2 is 0.800 bits per heavy atom. The number of nitrogens with zero attached hydrogens (tertiary/aromatic N) is 1. The molecule has 0 bridgehead atoms. The van der Waals surface area contributed by atoms with Crippen LogP contribution in [0.3, 0.4) is 0 Å². The van der Waals surface area contributed by atoms with Crippen molar-refractivity contribution >= 4 is 19.7 Å². The summed E-state index contributed by atoms with van der Waals surface area (Å²) in [5.74, 6) is -0.541. The average Bonchev–Trinajstić information content (AvgIpc) is 3.43. The average molecular weight is 1150 g/mol. The van der Waals surface area contributed by atoms with E-state index in [0.717, 1.165) is 77.0 Å². The maximum atomic E-state index is 13.6. The minimum absolute atomic E-state index is 0.0231. The van der Waals surface area contributed by atoms with Gasteiger partial charge < -0.3 is 28.5 Å². The fourth-order valence-corrected chi connectivity index (χ4v) is 11.0. The van der Waals surface area contributed by atoms with Crippen molar-refractivity contribution in [2.75, 3.05) is 40.9 Å². The van der Waals surface area contributed by atoms with E-state index in [4.69, 9.17) is 13.8 Å². The molecular formula is C70H133N2O7P. The monoisotopic (exact) mass is 1140 g/mol. The Morgan fingerprint density at radius 1 is 0.450 bits per heavy atom. The summed E-state index contributed by atoms with van der Waals surface area (Å²) in [6.07, 6.45) is 75.3. The van der Waals surface area contributed by atoms with E-state index >= 15 is 0 Å². The third-order valence-electron chi connectivity index (χ3n) is 15.6. The molecule has 0 saturated carbocycles. The first-order valence-electron chi connectivity index (χ1n) is 34.5. The van der Waals surface area contributed by atoms with Crippen LogP contribution in [0, 0.1) is 0 Å². The second-order valence-electron chi connectivity index (χ2n) is 24.7.